The number of esters is 1. The average molecular weight is 485 g/mol. The van der Waals surface area contributed by atoms with Gasteiger partial charge in [0.05, 0.1) is 30.3 Å². The molecule has 4 aromatic rings. The van der Waals surface area contributed by atoms with Gasteiger partial charge >= 0.3 is 5.97 Å². The summed E-state index contributed by atoms with van der Waals surface area (Å²) < 4.78 is 16.2. The Morgan fingerprint density at radius 2 is 1.58 bits per heavy atom. The number of hydrogen-bond acceptors (Lipinski definition) is 6. The van der Waals surface area contributed by atoms with Crippen LogP contribution >= 0.6 is 0 Å². The molecule has 0 spiro atoms. The van der Waals surface area contributed by atoms with Crippen LogP contribution in [-0.2, 0) is 9.53 Å². The van der Waals surface area contributed by atoms with Crippen molar-refractivity contribution in [3.63, 3.8) is 0 Å². The maximum absolute atomic E-state index is 13.4. The van der Waals surface area contributed by atoms with Gasteiger partial charge in [0.1, 0.15) is 5.75 Å². The third-order valence-electron chi connectivity index (χ3n) is 5.32. The first-order valence-corrected chi connectivity index (χ1v) is 11.1. The smallest absolute Gasteiger partial charge is 0.341 e. The highest BCUT2D eigenvalue weighted by atomic mass is 16.5. The molecule has 1 heterocycles. The minimum atomic E-state index is -1.27. The lowest BCUT2D eigenvalue weighted by Crippen LogP contribution is -2.26. The maximum atomic E-state index is 13.4. The lowest BCUT2D eigenvalue weighted by molar-refractivity contribution is -0.125. The van der Waals surface area contributed by atoms with Gasteiger partial charge in [0, 0.05) is 5.56 Å². The number of benzene rings is 3. The van der Waals surface area contributed by atoms with Crippen LogP contribution < -0.4 is 15.4 Å². The Labute approximate surface area is 207 Å². The molecule has 2 N–H and O–H groups in total. The van der Waals surface area contributed by atoms with Crippen molar-refractivity contribution >= 4 is 29.2 Å². The van der Waals surface area contributed by atoms with Gasteiger partial charge < -0.3 is 24.5 Å². The minimum Gasteiger partial charge on any atom is -0.495 e. The summed E-state index contributed by atoms with van der Waals surface area (Å²) in [6.45, 7) is 1.89. The molecule has 8 nitrogen and oxygen atoms in total. The van der Waals surface area contributed by atoms with E-state index >= 15 is 0 Å². The third-order valence-corrected chi connectivity index (χ3v) is 5.32. The van der Waals surface area contributed by atoms with Crippen LogP contribution in [0.3, 0.4) is 0 Å². The number of rotatable bonds is 8. The van der Waals surface area contributed by atoms with Gasteiger partial charge in [0.2, 0.25) is 6.10 Å². The molecule has 0 saturated heterocycles. The zero-order valence-corrected chi connectivity index (χ0v) is 19.7. The van der Waals surface area contributed by atoms with Crippen LogP contribution in [0.1, 0.15) is 38.1 Å². The molecule has 2 amide bonds. The Morgan fingerprint density at radius 1 is 0.833 bits per heavy atom. The van der Waals surface area contributed by atoms with Crippen molar-refractivity contribution in [3.05, 3.63) is 114 Å². The van der Waals surface area contributed by atoms with E-state index in [4.69, 9.17) is 13.9 Å². The van der Waals surface area contributed by atoms with Crippen molar-refractivity contribution < 1.29 is 28.3 Å². The number of furan rings is 1. The highest BCUT2D eigenvalue weighted by Crippen LogP contribution is 2.29. The Hall–Kier alpha value is -4.85. The molecule has 182 valence electrons. The third kappa shape index (κ3) is 5.61. The van der Waals surface area contributed by atoms with Crippen LogP contribution in [0.4, 0.5) is 11.4 Å². The van der Waals surface area contributed by atoms with Crippen molar-refractivity contribution in [2.75, 3.05) is 17.7 Å². The summed E-state index contributed by atoms with van der Waals surface area (Å²) in [5, 5.41) is 5.45. The van der Waals surface area contributed by atoms with Gasteiger partial charge in [-0.2, -0.15) is 0 Å². The van der Waals surface area contributed by atoms with Gasteiger partial charge in [-0.1, -0.05) is 48.5 Å². The first-order chi connectivity index (χ1) is 17.5. The SMILES string of the molecule is COc1ccc(C)cc1NC(=O)C(OC(=O)c1ccccc1NC(=O)c1ccco1)c1ccccc1. The standard InChI is InChI=1S/C28H24N2O6/c1-18-14-15-23(34-2)22(17-18)30-27(32)25(19-9-4-3-5-10-19)36-28(33)20-11-6-7-12-21(20)29-26(31)24-13-8-16-35-24/h3-17,25H,1-2H3,(H,29,31)(H,30,32). The number of aryl methyl sites for hydroxylation is 1. The molecule has 36 heavy (non-hydrogen) atoms. The number of para-hydroxylation sites is 1. The topological polar surface area (TPSA) is 107 Å². The van der Waals surface area contributed by atoms with Crippen LogP contribution in [0.15, 0.2) is 95.6 Å². The monoisotopic (exact) mass is 484 g/mol. The normalized spacial score (nSPS) is 11.3. The van der Waals surface area contributed by atoms with Gasteiger partial charge in [-0.25, -0.2) is 4.79 Å². The zero-order chi connectivity index (χ0) is 25.5. The van der Waals surface area contributed by atoms with Gasteiger partial charge in [-0.3, -0.25) is 9.59 Å². The predicted molar refractivity (Wildman–Crippen MR) is 134 cm³/mol. The molecular formula is C28H24N2O6. The van der Waals surface area contributed by atoms with Crippen molar-refractivity contribution in [3.8, 4) is 5.75 Å². The molecule has 0 aliphatic heterocycles. The number of anilines is 2. The van der Waals surface area contributed by atoms with E-state index in [2.05, 4.69) is 10.6 Å². The lowest BCUT2D eigenvalue weighted by atomic mass is 10.1. The molecule has 0 radical (unpaired) electrons. The average Bonchev–Trinajstić information content (AvgIpc) is 3.43. The molecule has 4 rings (SSSR count). The number of carbonyl (C=O) groups excluding carboxylic acids is 3. The van der Waals surface area contributed by atoms with E-state index in [1.165, 1.54) is 25.5 Å². The number of hydrogen-bond donors (Lipinski definition) is 2. The van der Waals surface area contributed by atoms with Crippen LogP contribution in [0, 0.1) is 6.92 Å². The number of amides is 2. The second-order valence-electron chi connectivity index (χ2n) is 7.87. The van der Waals surface area contributed by atoms with Crippen molar-refractivity contribution in [2.45, 2.75) is 13.0 Å². The van der Waals surface area contributed by atoms with Crippen molar-refractivity contribution in [1.29, 1.82) is 0 Å². The molecule has 3 aromatic carbocycles. The van der Waals surface area contributed by atoms with Crippen LogP contribution in [-0.4, -0.2) is 24.9 Å². The van der Waals surface area contributed by atoms with Crippen LogP contribution in [0.5, 0.6) is 5.75 Å². The lowest BCUT2D eigenvalue weighted by Gasteiger charge is -2.20. The van der Waals surface area contributed by atoms with Gasteiger partial charge in [0.15, 0.2) is 5.76 Å². The van der Waals surface area contributed by atoms with E-state index in [0.717, 1.165) is 5.56 Å². The summed E-state index contributed by atoms with van der Waals surface area (Å²) in [4.78, 5) is 39.1. The van der Waals surface area contributed by atoms with E-state index in [-0.39, 0.29) is 17.0 Å². The summed E-state index contributed by atoms with van der Waals surface area (Å²) in [6.07, 6.45) is 0.110. The number of methoxy groups -OCH3 is 1. The largest absolute Gasteiger partial charge is 0.495 e. The van der Waals surface area contributed by atoms with Gasteiger partial charge in [-0.15, -0.1) is 0 Å². The van der Waals surface area contributed by atoms with Gasteiger partial charge in [-0.05, 0) is 48.9 Å². The molecule has 8 heteroatoms. The highest BCUT2D eigenvalue weighted by molar-refractivity contribution is 6.07. The van der Waals surface area contributed by atoms with Crippen molar-refractivity contribution in [1.82, 2.24) is 0 Å². The Kier molecular flexibility index (Phi) is 7.45. The molecule has 0 fully saturated rings. The summed E-state index contributed by atoms with van der Waals surface area (Å²) >= 11 is 0. The quantitative estimate of drug-likeness (QED) is 0.325. The molecule has 1 atom stereocenters. The summed E-state index contributed by atoms with van der Waals surface area (Å²) in [5.41, 5.74) is 2.15. The second-order valence-corrected chi connectivity index (χ2v) is 7.87. The van der Waals surface area contributed by atoms with E-state index < -0.39 is 23.9 Å². The zero-order valence-electron chi connectivity index (χ0n) is 19.7. The van der Waals surface area contributed by atoms with Crippen LogP contribution in [0.2, 0.25) is 0 Å². The molecule has 0 bridgehead atoms. The maximum Gasteiger partial charge on any atom is 0.341 e. The minimum absolute atomic E-state index is 0.0827. The summed E-state index contributed by atoms with van der Waals surface area (Å²) in [5.74, 6) is -1.31. The number of carbonyl (C=O) groups is 3. The van der Waals surface area contributed by atoms with Gasteiger partial charge in [0.25, 0.3) is 11.8 Å². The highest BCUT2D eigenvalue weighted by Gasteiger charge is 2.28. The predicted octanol–water partition coefficient (Wildman–Crippen LogP) is 5.39. The van der Waals surface area contributed by atoms with E-state index in [9.17, 15) is 14.4 Å². The Balaban J connectivity index is 1.60. The summed E-state index contributed by atoms with van der Waals surface area (Å²) in [7, 11) is 1.50. The van der Waals surface area contributed by atoms with Crippen LogP contribution in [0.25, 0.3) is 0 Å². The number of ether oxygens (including phenoxy) is 2. The van der Waals surface area contributed by atoms with E-state index in [0.29, 0.717) is 17.0 Å². The fraction of sp³-hybridized carbons (Fsp3) is 0.107. The van der Waals surface area contributed by atoms with E-state index in [1.54, 1.807) is 66.7 Å². The van der Waals surface area contributed by atoms with E-state index in [1.807, 2.05) is 13.0 Å². The fourth-order valence-corrected chi connectivity index (χ4v) is 3.55. The van der Waals surface area contributed by atoms with Crippen molar-refractivity contribution in [2.24, 2.45) is 0 Å². The first kappa shape index (κ1) is 24.3. The Bertz CT molecular complexity index is 1370. The summed E-state index contributed by atoms with van der Waals surface area (Å²) in [6, 6.07) is 23.5. The fourth-order valence-electron chi connectivity index (χ4n) is 3.55. The molecule has 0 aliphatic rings. The second kappa shape index (κ2) is 11.1. The molecule has 1 aromatic heterocycles. The first-order valence-electron chi connectivity index (χ1n) is 11.1. The number of nitrogens with one attached hydrogen (secondary N) is 2. The molecular weight excluding hydrogens is 460 g/mol. The molecule has 0 saturated carbocycles. The molecule has 0 aliphatic carbocycles. The molecule has 1 unspecified atom stereocenters. The Morgan fingerprint density at radius 3 is 2.31 bits per heavy atom.